The molecule has 0 bridgehead atoms. The highest BCUT2D eigenvalue weighted by Crippen LogP contribution is 2.39. The molecule has 7 aromatic rings. The minimum absolute atomic E-state index is 0.00791. The molecule has 7 aromatic heterocycles. The Kier molecular flexibility index (Phi) is 31.4. The lowest BCUT2D eigenvalue weighted by Gasteiger charge is -2.35. The third kappa shape index (κ3) is 24.0. The second kappa shape index (κ2) is 39.4. The molecule has 13 rings (SSSR count). The number of aromatic amines is 1. The van der Waals surface area contributed by atoms with Gasteiger partial charge in [0.05, 0.1) is 95.2 Å². The topological polar surface area (TPSA) is 466 Å². The molecule has 11 heterocycles. The van der Waals surface area contributed by atoms with Crippen LogP contribution in [-0.4, -0.2) is 204 Å². The lowest BCUT2D eigenvalue weighted by atomic mass is 9.75. The van der Waals surface area contributed by atoms with Crippen LogP contribution in [0.5, 0.6) is 0 Å². The highest BCUT2D eigenvalue weighted by molar-refractivity contribution is 6.54. The quantitative estimate of drug-likeness (QED) is 0.0432. The minimum atomic E-state index is -1.20. The van der Waals surface area contributed by atoms with Gasteiger partial charge >= 0.3 is 47.8 Å². The fourth-order valence-electron chi connectivity index (χ4n) is 11.1. The van der Waals surface area contributed by atoms with Crippen LogP contribution >= 0.6 is 23.2 Å². The molecule has 112 heavy (non-hydrogen) atoms. The Bertz CT molecular complexity index is 4700. The van der Waals surface area contributed by atoms with E-state index in [9.17, 15) is 53.8 Å². The molecular weight excluding hydrogens is 1510 g/mol. The smallest absolute Gasteiger partial charge is 0.476 e. The number of methoxy groups -OCH3 is 2. The number of nitro groups is 2. The Morgan fingerprint density at radius 3 is 1.65 bits per heavy atom. The Morgan fingerprint density at radius 2 is 1.21 bits per heavy atom. The van der Waals surface area contributed by atoms with Gasteiger partial charge in [0.15, 0.2) is 33.0 Å². The number of rotatable bonds is 12. The van der Waals surface area contributed by atoms with Crippen molar-refractivity contribution < 1.29 is 76.6 Å². The van der Waals surface area contributed by atoms with Crippen molar-refractivity contribution in [1.29, 1.82) is 0 Å². The van der Waals surface area contributed by atoms with Crippen LogP contribution in [0.15, 0.2) is 112 Å². The van der Waals surface area contributed by atoms with Gasteiger partial charge in [-0.05, 0) is 150 Å². The summed E-state index contributed by atoms with van der Waals surface area (Å²) in [6.07, 6.45) is 17.6. The third-order valence-electron chi connectivity index (χ3n) is 18.3. The number of carboxylic acid groups (broad SMARTS) is 1. The predicted molar refractivity (Wildman–Crippen MR) is 416 cm³/mol. The summed E-state index contributed by atoms with van der Waals surface area (Å²) in [5, 5.41) is 40.8. The zero-order chi connectivity index (χ0) is 82.7. The molecular formula is C72H97BCl2N16O21. The molecule has 3 amide bonds. The van der Waals surface area contributed by atoms with Crippen molar-refractivity contribution in [1.82, 2.24) is 48.6 Å². The fraction of sp³-hybridized carbons (Fsp3) is 0.514. The van der Waals surface area contributed by atoms with Gasteiger partial charge in [-0.25, -0.2) is 33.4 Å². The maximum Gasteiger partial charge on any atom is 0.490 e. The van der Waals surface area contributed by atoms with Gasteiger partial charge in [-0.1, -0.05) is 29.3 Å². The molecule has 40 heteroatoms. The molecule has 7 N–H and O–H groups in total. The number of pyridine rings is 3. The molecule has 2 saturated heterocycles. The Hall–Kier alpha value is -10.0. The number of hydrogen-bond donors (Lipinski definition) is 5. The minimum Gasteiger partial charge on any atom is -0.476 e. The molecule has 37 nitrogen and oxygen atoms in total. The number of nitrogen functional groups attached to an aromatic ring is 1. The molecule has 2 aliphatic carbocycles. The van der Waals surface area contributed by atoms with E-state index < -0.39 is 61.7 Å². The zero-order valence-corrected chi connectivity index (χ0v) is 66.4. The van der Waals surface area contributed by atoms with Crippen molar-refractivity contribution in [2.24, 2.45) is 5.73 Å². The molecule has 0 spiro atoms. The van der Waals surface area contributed by atoms with Crippen LogP contribution < -0.4 is 43.3 Å². The monoisotopic (exact) mass is 1600 g/mol. The van der Waals surface area contributed by atoms with E-state index in [2.05, 4.69) is 64.2 Å². The average Bonchev–Trinajstić information content (AvgIpc) is 1.62. The lowest BCUT2D eigenvalue weighted by molar-refractivity contribution is -0.386. The number of ether oxygens (including phenoxy) is 7. The van der Waals surface area contributed by atoms with E-state index in [1.807, 2.05) is 6.07 Å². The fourth-order valence-corrected chi connectivity index (χ4v) is 11.5. The van der Waals surface area contributed by atoms with Gasteiger partial charge < -0.3 is 73.9 Å². The summed E-state index contributed by atoms with van der Waals surface area (Å²) in [6, 6.07) is 12.1. The van der Waals surface area contributed by atoms with E-state index in [0.717, 1.165) is 87.2 Å². The van der Waals surface area contributed by atoms with E-state index in [4.69, 9.17) is 82.2 Å². The highest BCUT2D eigenvalue weighted by Gasteiger charge is 2.52. The van der Waals surface area contributed by atoms with Crippen molar-refractivity contribution in [3.63, 3.8) is 0 Å². The number of carboxylic acids is 1. The summed E-state index contributed by atoms with van der Waals surface area (Å²) >= 11 is 12.0. The first-order valence-corrected chi connectivity index (χ1v) is 36.4. The number of imidazole rings is 2. The van der Waals surface area contributed by atoms with Crippen molar-refractivity contribution in [2.45, 2.75) is 173 Å². The number of aromatic carboxylic acids is 1. The summed E-state index contributed by atoms with van der Waals surface area (Å²) in [6.45, 7) is 22.7. The number of anilines is 3. The molecule has 6 aliphatic rings. The molecule has 608 valence electrons. The lowest BCUT2D eigenvalue weighted by Crippen LogP contribution is -2.51. The molecule has 4 fully saturated rings. The van der Waals surface area contributed by atoms with E-state index in [1.54, 1.807) is 85.7 Å². The van der Waals surface area contributed by atoms with Crippen LogP contribution in [0.3, 0.4) is 0 Å². The van der Waals surface area contributed by atoms with Gasteiger partial charge in [0.25, 0.3) is 11.5 Å². The van der Waals surface area contributed by atoms with E-state index in [-0.39, 0.29) is 75.3 Å². The third-order valence-corrected chi connectivity index (χ3v) is 18.6. The number of halogens is 2. The normalized spacial score (nSPS) is 18.8. The van der Waals surface area contributed by atoms with Crippen LogP contribution in [-0.2, 0) is 42.5 Å². The standard InChI is InChI=1S/C18H24ClN5O4.C13H15ClN4O4.C11H19BO3.C10H10N2O4.C10H14N2O2.C5H4N2O3.C5H11NO/c1-18(2,3)28-17(26)23(4)11-8-14(19)22-24-12(9-20-15(11)24)16(25)21-10-6-7-13(10)27-5;1-13(2,3)22-12(21)17(4)7-5-9(14)16-18-8(11(19)20)6-15-10(7)18;1-10(2)11(3,4)15-12(14-10)9-5-7-13-8-6-9;13-10-9(12(14)15)2-1-5-11(10)8-3-6-16-7-4-8;11-9-2-1-5-12(10(9)13)8-3-6-14-7-4-8;8-5-4(7(9)10)2-1-3-6-5;1-7-5-3-2-4(5)6/h8-10,13H,6-7H2,1-5H3,(H,21,25);5-6H,1-4H3,(H,19,20);5H,6-8H2,1-4H3;1-3,5H,4,6-7H2;1-2,5,8H,3-4,6-7,11H2;1-3H,(H,6,8);4-5H,2-3,6H2,1H3/t10-,13-;;;;;;4-,5?/m1.....1/s1. The van der Waals surface area contributed by atoms with Crippen LogP contribution in [0.25, 0.3) is 17.0 Å². The molecule has 1 unspecified atom stereocenters. The maximum atomic E-state index is 12.7. The summed E-state index contributed by atoms with van der Waals surface area (Å²) < 4.78 is 53.9. The SMILES string of the molecule is CC1(C)OB(C2=CCOCC2)OC1(C)C.CN(C(=O)OC(C)(C)C)c1cc(Cl)nn2c(C(=O)O)cnc12.COC1CC[C@H]1N.CO[C@@H]1CC[C@H]1NC(=O)c1cnc2c(N(C)C(=O)OC(C)(C)C)cc(Cl)nn12.Nc1cccn(C2CCOCC2)c1=O.O=c1[nH]cccc1[N+](=O)[O-].O=c1c([N+](=O)[O-])cccn1C1=CCOCC1. The Balaban J connectivity index is 0.000000188. The van der Waals surface area contributed by atoms with Gasteiger partial charge in [0.2, 0.25) is 0 Å². The first-order chi connectivity index (χ1) is 52.7. The van der Waals surface area contributed by atoms with Crippen molar-refractivity contribution in [2.75, 3.05) is 83.5 Å². The zero-order valence-electron chi connectivity index (χ0n) is 64.9. The number of hydrogen-bond acceptors (Lipinski definition) is 26. The second-order valence-corrected chi connectivity index (χ2v) is 29.8. The first-order valence-electron chi connectivity index (χ1n) is 35.7. The molecule has 0 aromatic carbocycles. The number of carbonyl (C=O) groups excluding carboxylic acids is 3. The average molecular weight is 1600 g/mol. The number of aromatic nitrogens is 9. The Labute approximate surface area is 654 Å². The van der Waals surface area contributed by atoms with E-state index >= 15 is 0 Å². The van der Waals surface area contributed by atoms with Crippen molar-refractivity contribution in [3.05, 3.63) is 170 Å². The van der Waals surface area contributed by atoms with Crippen molar-refractivity contribution >= 4 is 99.8 Å². The number of nitrogens with zero attached hydrogens (tertiary/aromatic N) is 12. The van der Waals surface area contributed by atoms with Gasteiger partial charge in [-0.2, -0.15) is 10.2 Å². The van der Waals surface area contributed by atoms with Crippen LogP contribution in [0.2, 0.25) is 10.3 Å². The number of nitrogens with one attached hydrogen (secondary N) is 2. The molecule has 4 atom stereocenters. The first kappa shape index (κ1) is 89.2. The number of nitrogens with two attached hydrogens (primary N) is 2. The van der Waals surface area contributed by atoms with Gasteiger partial charge in [0.1, 0.15) is 11.2 Å². The van der Waals surface area contributed by atoms with Crippen LogP contribution in [0.1, 0.15) is 148 Å². The van der Waals surface area contributed by atoms with Crippen LogP contribution in [0, 0.1) is 20.2 Å². The summed E-state index contributed by atoms with van der Waals surface area (Å²) in [4.78, 5) is 115. The number of carbonyl (C=O) groups is 4. The number of fused-ring (bicyclic) bond motifs is 2. The Morgan fingerprint density at radius 1 is 0.696 bits per heavy atom. The van der Waals surface area contributed by atoms with E-state index in [1.165, 1.54) is 80.3 Å². The van der Waals surface area contributed by atoms with Gasteiger partial charge in [-0.3, -0.25) is 53.8 Å². The molecule has 4 aliphatic heterocycles. The second-order valence-electron chi connectivity index (χ2n) is 29.0. The maximum absolute atomic E-state index is 12.7. The van der Waals surface area contributed by atoms with Crippen molar-refractivity contribution in [3.8, 4) is 0 Å². The summed E-state index contributed by atoms with van der Waals surface area (Å²) in [7, 11) is 6.18. The molecule has 0 radical (unpaired) electrons. The predicted octanol–water partition coefficient (Wildman–Crippen LogP) is 9.28. The van der Waals surface area contributed by atoms with Gasteiger partial charge in [0, 0.05) is 109 Å². The van der Waals surface area contributed by atoms with Crippen LogP contribution in [0.4, 0.5) is 38.0 Å². The summed E-state index contributed by atoms with van der Waals surface area (Å²) in [5.41, 5.74) is 10.6. The summed E-state index contributed by atoms with van der Waals surface area (Å²) in [5.74, 6) is -1.53. The molecule has 2 saturated carbocycles. The largest absolute Gasteiger partial charge is 0.490 e. The van der Waals surface area contributed by atoms with Gasteiger partial charge in [-0.15, -0.1) is 0 Å². The number of amides is 3. The highest BCUT2D eigenvalue weighted by atomic mass is 35.5. The van der Waals surface area contributed by atoms with E-state index in [0.29, 0.717) is 61.1 Å². The number of H-pyrrole nitrogens is 1.